The number of sulfonamides is 1. The van der Waals surface area contributed by atoms with Crippen molar-refractivity contribution in [2.24, 2.45) is 5.92 Å². The molecule has 0 bridgehead atoms. The van der Waals surface area contributed by atoms with E-state index < -0.39 is 17.1 Å². The lowest BCUT2D eigenvalue weighted by Gasteiger charge is -2.20. The quantitative estimate of drug-likeness (QED) is 0.616. The Morgan fingerprint density at radius 2 is 2.12 bits per heavy atom. The maximum absolute atomic E-state index is 11.1. The Morgan fingerprint density at radius 1 is 1.47 bits per heavy atom. The van der Waals surface area contributed by atoms with Crippen LogP contribution in [0.15, 0.2) is 35.5 Å². The fourth-order valence-corrected chi connectivity index (χ4v) is 2.27. The second-order valence-corrected chi connectivity index (χ2v) is 5.86. The Bertz CT molecular complexity index is 465. The Balaban J connectivity index is 2.79. The zero-order valence-electron chi connectivity index (χ0n) is 9.79. The first kappa shape index (κ1) is 14.0. The van der Waals surface area contributed by atoms with E-state index in [1.54, 1.807) is 18.2 Å². The van der Waals surface area contributed by atoms with Crippen molar-refractivity contribution in [3.8, 4) is 0 Å². The highest BCUT2D eigenvalue weighted by atomic mass is 32.2. The molecule has 0 saturated carbocycles. The van der Waals surface area contributed by atoms with E-state index in [1.807, 2.05) is 6.92 Å². The largest absolute Gasteiger partial charge is 0.480 e. The minimum atomic E-state index is -3.25. The predicted molar refractivity (Wildman–Crippen MR) is 67.3 cm³/mol. The van der Waals surface area contributed by atoms with Gasteiger partial charge in [-0.25, -0.2) is 8.42 Å². The molecule has 1 rings (SSSR count). The van der Waals surface area contributed by atoms with Gasteiger partial charge in [0.25, 0.3) is 0 Å². The lowest BCUT2D eigenvalue weighted by Crippen LogP contribution is -2.26. The monoisotopic (exact) mass is 257 g/mol. The molecule has 1 unspecified atom stereocenters. The fraction of sp³-hybridized carbons (Fsp3) is 0.400. The third kappa shape index (κ3) is 5.21. The average molecular weight is 257 g/mol. The van der Waals surface area contributed by atoms with E-state index >= 15 is 0 Å². The summed E-state index contributed by atoms with van der Waals surface area (Å²) in [7, 11) is -4.71. The highest BCUT2D eigenvalue weighted by molar-refractivity contribution is 7.88. The maximum Gasteiger partial charge on any atom is 0.480 e. The van der Waals surface area contributed by atoms with Crippen molar-refractivity contribution in [3.63, 3.8) is 0 Å². The van der Waals surface area contributed by atoms with Gasteiger partial charge in [0.05, 0.1) is 6.26 Å². The summed E-state index contributed by atoms with van der Waals surface area (Å²) in [6.45, 7) is 1.90. The molecule has 5 nitrogen and oxygen atoms in total. The van der Waals surface area contributed by atoms with Crippen LogP contribution in [0, 0.1) is 5.92 Å². The summed E-state index contributed by atoms with van der Waals surface area (Å²) >= 11 is 0. The number of nitrogens with one attached hydrogen (secondary N) is 1. The van der Waals surface area contributed by atoms with Gasteiger partial charge in [0.2, 0.25) is 10.0 Å². The van der Waals surface area contributed by atoms with Gasteiger partial charge in [-0.2, -0.15) is 0 Å². The Hall–Kier alpha value is -1.05. The lowest BCUT2D eigenvalue weighted by molar-refractivity contribution is 0.424. The van der Waals surface area contributed by atoms with Crippen molar-refractivity contribution in [3.05, 3.63) is 35.5 Å². The van der Waals surface area contributed by atoms with Gasteiger partial charge in [-0.3, -0.25) is 4.72 Å². The highest BCUT2D eigenvalue weighted by Crippen LogP contribution is 2.24. The van der Waals surface area contributed by atoms with Crippen LogP contribution in [0.4, 0.5) is 0 Å². The van der Waals surface area contributed by atoms with Gasteiger partial charge < -0.3 is 10.0 Å². The minimum Gasteiger partial charge on any atom is -0.424 e. The predicted octanol–water partition coefficient (Wildman–Crippen LogP) is -0.0461. The summed E-state index contributed by atoms with van der Waals surface area (Å²) in [4.78, 5) is 0. The molecule has 0 aromatic carbocycles. The van der Waals surface area contributed by atoms with Crippen molar-refractivity contribution in [1.29, 1.82) is 0 Å². The summed E-state index contributed by atoms with van der Waals surface area (Å²) in [6.07, 6.45) is 6.83. The van der Waals surface area contributed by atoms with Gasteiger partial charge in [-0.15, -0.1) is 0 Å². The number of hydrogen-bond acceptors (Lipinski definition) is 4. The zero-order valence-corrected chi connectivity index (χ0v) is 10.6. The summed E-state index contributed by atoms with van der Waals surface area (Å²) in [5, 5.41) is 17.4. The average Bonchev–Trinajstić information content (AvgIpc) is 2.17. The SMILES string of the molecule is CC1CC(/C=C/B(O)O)=CC=C1NS(C)(=O)=O. The Labute approximate surface area is 102 Å². The van der Waals surface area contributed by atoms with Crippen molar-refractivity contribution < 1.29 is 18.5 Å². The minimum absolute atomic E-state index is 0.0465. The fourth-order valence-electron chi connectivity index (χ4n) is 1.57. The van der Waals surface area contributed by atoms with E-state index in [0.29, 0.717) is 12.1 Å². The van der Waals surface area contributed by atoms with Crippen molar-refractivity contribution in [1.82, 2.24) is 4.72 Å². The summed E-state index contributed by atoms with van der Waals surface area (Å²) < 4.78 is 24.6. The van der Waals surface area contributed by atoms with Crippen LogP contribution in [0.25, 0.3) is 0 Å². The molecule has 0 saturated heterocycles. The lowest BCUT2D eigenvalue weighted by atomic mass is 9.87. The number of rotatable bonds is 4. The molecule has 0 aromatic heterocycles. The number of hydrogen-bond donors (Lipinski definition) is 3. The molecule has 0 spiro atoms. The molecular formula is C10H16BNO4S. The third-order valence-electron chi connectivity index (χ3n) is 2.34. The molecule has 3 N–H and O–H groups in total. The molecule has 17 heavy (non-hydrogen) atoms. The van der Waals surface area contributed by atoms with E-state index in [1.165, 1.54) is 5.98 Å². The van der Waals surface area contributed by atoms with Crippen molar-refractivity contribution in [2.45, 2.75) is 13.3 Å². The molecule has 0 radical (unpaired) electrons. The van der Waals surface area contributed by atoms with Crippen LogP contribution < -0.4 is 4.72 Å². The molecule has 0 aliphatic heterocycles. The zero-order chi connectivity index (χ0) is 13.1. The van der Waals surface area contributed by atoms with Gasteiger partial charge >= 0.3 is 7.12 Å². The van der Waals surface area contributed by atoms with Crippen LogP contribution >= 0.6 is 0 Å². The molecule has 0 fully saturated rings. The van der Waals surface area contributed by atoms with Gasteiger partial charge in [-0.1, -0.05) is 25.1 Å². The van der Waals surface area contributed by atoms with E-state index in [0.717, 1.165) is 11.8 Å². The first-order valence-corrected chi connectivity index (χ1v) is 7.10. The van der Waals surface area contributed by atoms with Gasteiger partial charge in [0.1, 0.15) is 0 Å². The van der Waals surface area contributed by atoms with Crippen LogP contribution in [0.3, 0.4) is 0 Å². The normalized spacial score (nSPS) is 21.1. The first-order valence-electron chi connectivity index (χ1n) is 5.21. The van der Waals surface area contributed by atoms with E-state index in [9.17, 15) is 8.42 Å². The molecule has 1 aliphatic carbocycles. The molecular weight excluding hydrogens is 241 g/mol. The topological polar surface area (TPSA) is 86.6 Å². The Morgan fingerprint density at radius 3 is 2.59 bits per heavy atom. The maximum atomic E-state index is 11.1. The first-order chi connectivity index (χ1) is 7.78. The van der Waals surface area contributed by atoms with Crippen LogP contribution in [0.2, 0.25) is 0 Å². The standard InChI is InChI=1S/C10H16BNO4S/c1-8-7-9(5-6-11(13)14)3-4-10(8)12-17(2,15)16/h3-6,8,12-14H,7H2,1-2H3/b6-5+. The van der Waals surface area contributed by atoms with Crippen LogP contribution in [-0.2, 0) is 10.0 Å². The van der Waals surface area contributed by atoms with Crippen LogP contribution in [-0.4, -0.2) is 31.8 Å². The van der Waals surface area contributed by atoms with Crippen LogP contribution in [0.1, 0.15) is 13.3 Å². The molecule has 0 aromatic rings. The van der Waals surface area contributed by atoms with E-state index in [4.69, 9.17) is 10.0 Å². The van der Waals surface area contributed by atoms with E-state index in [-0.39, 0.29) is 5.92 Å². The Kier molecular flexibility index (Phi) is 4.56. The molecule has 0 heterocycles. The van der Waals surface area contributed by atoms with Crippen molar-refractivity contribution >= 4 is 17.1 Å². The highest BCUT2D eigenvalue weighted by Gasteiger charge is 2.16. The van der Waals surface area contributed by atoms with Gasteiger partial charge in [-0.05, 0) is 18.1 Å². The third-order valence-corrected chi connectivity index (χ3v) is 2.94. The molecule has 1 aliphatic rings. The molecule has 94 valence electrons. The summed E-state index contributed by atoms with van der Waals surface area (Å²) in [5.41, 5.74) is 1.57. The van der Waals surface area contributed by atoms with Gasteiger partial charge in [0.15, 0.2) is 0 Å². The smallest absolute Gasteiger partial charge is 0.424 e. The summed E-state index contributed by atoms with van der Waals surface area (Å²) in [6, 6.07) is 0. The van der Waals surface area contributed by atoms with Crippen LogP contribution in [0.5, 0.6) is 0 Å². The van der Waals surface area contributed by atoms with Gasteiger partial charge in [0, 0.05) is 11.6 Å². The second kappa shape index (κ2) is 5.53. The molecule has 0 amide bonds. The van der Waals surface area contributed by atoms with E-state index in [2.05, 4.69) is 4.72 Å². The van der Waals surface area contributed by atoms with Crippen molar-refractivity contribution in [2.75, 3.05) is 6.26 Å². The summed E-state index contributed by atoms with van der Waals surface area (Å²) in [5.74, 6) is 1.31. The molecule has 7 heteroatoms. The second-order valence-electron chi connectivity index (χ2n) is 4.12. The molecule has 1 atom stereocenters. The number of allylic oxidation sites excluding steroid dienone is 5.